The molecule has 0 radical (unpaired) electrons. The largest absolute Gasteiger partial charge is 0.496 e. The monoisotopic (exact) mass is 317 g/mol. The summed E-state index contributed by atoms with van der Waals surface area (Å²) in [6, 6.07) is 8.23. The number of methoxy groups -OCH3 is 1. The van der Waals surface area contributed by atoms with Crippen molar-refractivity contribution in [3.05, 3.63) is 29.8 Å². The fourth-order valence-corrected chi connectivity index (χ4v) is 3.62. The van der Waals surface area contributed by atoms with Crippen LogP contribution >= 0.6 is 0 Å². The lowest BCUT2D eigenvalue weighted by Crippen LogP contribution is -2.35. The Hall–Kier alpha value is -1.51. The van der Waals surface area contributed by atoms with Crippen molar-refractivity contribution in [1.29, 1.82) is 0 Å². The van der Waals surface area contributed by atoms with Gasteiger partial charge in [0.1, 0.15) is 5.75 Å². The Morgan fingerprint density at radius 2 is 1.96 bits per heavy atom. The van der Waals surface area contributed by atoms with E-state index in [1.165, 1.54) is 24.8 Å². The maximum absolute atomic E-state index is 12.3. The zero-order valence-electron chi connectivity index (χ0n) is 14.9. The third kappa shape index (κ3) is 4.49. The first-order valence-electron chi connectivity index (χ1n) is 9.02. The molecule has 0 heterocycles. The first-order chi connectivity index (χ1) is 11.1. The van der Waals surface area contributed by atoms with Crippen LogP contribution in [-0.2, 0) is 10.2 Å². The molecule has 1 amide bonds. The Balaban J connectivity index is 1.94. The molecule has 3 nitrogen and oxygen atoms in total. The minimum atomic E-state index is 0.0203. The molecule has 1 aliphatic rings. The van der Waals surface area contributed by atoms with E-state index in [0.29, 0.717) is 0 Å². The highest BCUT2D eigenvalue weighted by Crippen LogP contribution is 2.36. The Morgan fingerprint density at radius 3 is 2.61 bits per heavy atom. The lowest BCUT2D eigenvalue weighted by Gasteiger charge is -2.31. The normalized spacial score (nSPS) is 18.2. The average molecular weight is 317 g/mol. The third-order valence-electron chi connectivity index (χ3n) is 5.49. The highest BCUT2D eigenvalue weighted by atomic mass is 16.5. The lowest BCUT2D eigenvalue weighted by molar-refractivity contribution is -0.125. The van der Waals surface area contributed by atoms with Crippen molar-refractivity contribution in [2.45, 2.75) is 64.2 Å². The van der Waals surface area contributed by atoms with Gasteiger partial charge in [-0.3, -0.25) is 4.79 Å². The first kappa shape index (κ1) is 17.8. The van der Waals surface area contributed by atoms with Crippen molar-refractivity contribution in [3.8, 4) is 5.75 Å². The average Bonchev–Trinajstić information content (AvgIpc) is 2.62. The topological polar surface area (TPSA) is 38.3 Å². The second kappa shape index (κ2) is 8.37. The van der Waals surface area contributed by atoms with Crippen LogP contribution in [0.15, 0.2) is 24.3 Å². The molecular weight excluding hydrogens is 286 g/mol. The summed E-state index contributed by atoms with van der Waals surface area (Å²) in [5.74, 6) is 1.43. The maximum Gasteiger partial charge on any atom is 0.223 e. The molecule has 1 aromatic rings. The van der Waals surface area contributed by atoms with Crippen LogP contribution in [0.5, 0.6) is 5.75 Å². The molecule has 2 rings (SSSR count). The van der Waals surface area contributed by atoms with Crippen LogP contribution in [0.2, 0.25) is 0 Å². The van der Waals surface area contributed by atoms with Gasteiger partial charge in [0, 0.05) is 18.0 Å². The predicted molar refractivity (Wildman–Crippen MR) is 94.8 cm³/mol. The number of ether oxygens (including phenoxy) is 1. The van der Waals surface area contributed by atoms with Gasteiger partial charge in [0.25, 0.3) is 0 Å². The number of para-hydroxylation sites is 1. The zero-order chi connectivity index (χ0) is 16.7. The van der Waals surface area contributed by atoms with Crippen molar-refractivity contribution >= 4 is 5.91 Å². The number of carbonyl (C=O) groups is 1. The van der Waals surface area contributed by atoms with Gasteiger partial charge in [-0.2, -0.15) is 0 Å². The molecule has 0 aromatic heterocycles. The molecule has 23 heavy (non-hydrogen) atoms. The molecule has 0 bridgehead atoms. The van der Waals surface area contributed by atoms with Crippen molar-refractivity contribution < 1.29 is 9.53 Å². The van der Waals surface area contributed by atoms with Gasteiger partial charge in [-0.05, 0) is 37.2 Å². The molecule has 1 saturated carbocycles. The number of rotatable bonds is 7. The number of carbonyl (C=O) groups excluding carboxylic acids is 1. The quantitative estimate of drug-likeness (QED) is 0.807. The van der Waals surface area contributed by atoms with E-state index < -0.39 is 0 Å². The Labute approximate surface area is 140 Å². The molecule has 1 fully saturated rings. The van der Waals surface area contributed by atoms with E-state index in [0.717, 1.165) is 38.0 Å². The summed E-state index contributed by atoms with van der Waals surface area (Å²) in [5.41, 5.74) is 1.25. The van der Waals surface area contributed by atoms with E-state index in [1.54, 1.807) is 7.11 Å². The summed E-state index contributed by atoms with van der Waals surface area (Å²) in [7, 11) is 1.72. The maximum atomic E-state index is 12.3. The zero-order valence-corrected chi connectivity index (χ0v) is 14.9. The van der Waals surface area contributed by atoms with Gasteiger partial charge in [-0.15, -0.1) is 0 Å². The highest BCUT2D eigenvalue weighted by molar-refractivity contribution is 5.78. The summed E-state index contributed by atoms with van der Waals surface area (Å²) in [6.07, 6.45) is 7.76. The van der Waals surface area contributed by atoms with E-state index in [4.69, 9.17) is 4.74 Å². The second-order valence-corrected chi connectivity index (χ2v) is 6.99. The van der Waals surface area contributed by atoms with Crippen LogP contribution in [0.4, 0.5) is 0 Å². The standard InChI is InChI=1S/C20H31NO2/c1-4-20(2,17-12-8-9-13-18(17)23-3)14-15-21-19(22)16-10-6-5-7-11-16/h8-9,12-13,16H,4-7,10-11,14-15H2,1-3H3,(H,21,22)/t20-/m0/s1. The lowest BCUT2D eigenvalue weighted by atomic mass is 9.76. The van der Waals surface area contributed by atoms with Crippen molar-refractivity contribution in [2.24, 2.45) is 5.92 Å². The van der Waals surface area contributed by atoms with Gasteiger partial charge in [-0.25, -0.2) is 0 Å². The minimum absolute atomic E-state index is 0.0203. The van der Waals surface area contributed by atoms with Gasteiger partial charge < -0.3 is 10.1 Å². The van der Waals surface area contributed by atoms with Crippen LogP contribution in [-0.4, -0.2) is 19.6 Å². The minimum Gasteiger partial charge on any atom is -0.496 e. The van der Waals surface area contributed by atoms with Crippen LogP contribution in [0.25, 0.3) is 0 Å². The second-order valence-electron chi connectivity index (χ2n) is 6.99. The van der Waals surface area contributed by atoms with E-state index >= 15 is 0 Å². The van der Waals surface area contributed by atoms with Crippen LogP contribution in [0.1, 0.15) is 64.4 Å². The van der Waals surface area contributed by atoms with Crippen molar-refractivity contribution in [1.82, 2.24) is 5.32 Å². The fourth-order valence-electron chi connectivity index (χ4n) is 3.62. The van der Waals surface area contributed by atoms with Crippen molar-refractivity contribution in [3.63, 3.8) is 0 Å². The molecule has 0 spiro atoms. The molecule has 3 heteroatoms. The predicted octanol–water partition coefficient (Wildman–Crippen LogP) is 4.45. The summed E-state index contributed by atoms with van der Waals surface area (Å²) in [4.78, 5) is 12.3. The van der Waals surface area contributed by atoms with Crippen LogP contribution in [0.3, 0.4) is 0 Å². The molecule has 0 aliphatic heterocycles. The molecule has 0 saturated heterocycles. The molecule has 0 unspecified atom stereocenters. The molecular formula is C20H31NO2. The first-order valence-corrected chi connectivity index (χ1v) is 9.02. The smallest absolute Gasteiger partial charge is 0.223 e. The van der Waals surface area contributed by atoms with Gasteiger partial charge in [0.05, 0.1) is 7.11 Å². The number of hydrogen-bond donors (Lipinski definition) is 1. The highest BCUT2D eigenvalue weighted by Gasteiger charge is 2.28. The summed E-state index contributed by atoms with van der Waals surface area (Å²) in [6.45, 7) is 5.20. The number of hydrogen-bond acceptors (Lipinski definition) is 2. The molecule has 1 atom stereocenters. The van der Waals surface area contributed by atoms with Crippen LogP contribution < -0.4 is 10.1 Å². The molecule has 128 valence electrons. The molecule has 1 aliphatic carbocycles. The Morgan fingerprint density at radius 1 is 1.26 bits per heavy atom. The third-order valence-corrected chi connectivity index (χ3v) is 5.49. The summed E-state index contributed by atoms with van der Waals surface area (Å²) < 4.78 is 5.53. The summed E-state index contributed by atoms with van der Waals surface area (Å²) in [5, 5.41) is 3.17. The van der Waals surface area contributed by atoms with Crippen molar-refractivity contribution in [2.75, 3.05) is 13.7 Å². The van der Waals surface area contributed by atoms with E-state index in [-0.39, 0.29) is 17.2 Å². The van der Waals surface area contributed by atoms with Gasteiger partial charge in [-0.1, -0.05) is 51.3 Å². The Bertz CT molecular complexity index is 508. The van der Waals surface area contributed by atoms with E-state index in [2.05, 4.69) is 31.3 Å². The van der Waals surface area contributed by atoms with E-state index in [1.807, 2.05) is 12.1 Å². The number of amides is 1. The molecule has 1 aromatic carbocycles. The summed E-state index contributed by atoms with van der Waals surface area (Å²) >= 11 is 0. The van der Waals surface area contributed by atoms with Gasteiger partial charge in [0.2, 0.25) is 5.91 Å². The number of nitrogens with one attached hydrogen (secondary N) is 1. The number of benzene rings is 1. The van der Waals surface area contributed by atoms with Gasteiger partial charge in [0.15, 0.2) is 0 Å². The fraction of sp³-hybridized carbons (Fsp3) is 0.650. The molecule has 1 N–H and O–H groups in total. The van der Waals surface area contributed by atoms with Crippen LogP contribution in [0, 0.1) is 5.92 Å². The Kier molecular flexibility index (Phi) is 6.49. The SMILES string of the molecule is CC[C@@](C)(CCNC(=O)C1CCCCC1)c1ccccc1OC. The van der Waals surface area contributed by atoms with E-state index in [9.17, 15) is 4.79 Å². The van der Waals surface area contributed by atoms with Gasteiger partial charge >= 0.3 is 0 Å².